The average Bonchev–Trinajstić information content (AvgIpc) is 2.94. The highest BCUT2D eigenvalue weighted by atomic mass is 32.1. The molecule has 0 bridgehead atoms. The molecule has 0 spiro atoms. The highest BCUT2D eigenvalue weighted by Crippen LogP contribution is 2.31. The van der Waals surface area contributed by atoms with E-state index < -0.39 is 0 Å². The lowest BCUT2D eigenvalue weighted by molar-refractivity contribution is 0.882. The molecule has 2 aromatic heterocycles. The van der Waals surface area contributed by atoms with Crippen LogP contribution in [-0.4, -0.2) is 4.98 Å². The van der Waals surface area contributed by atoms with Crippen molar-refractivity contribution in [2.24, 2.45) is 5.73 Å². The molecule has 3 rings (SSSR count). The van der Waals surface area contributed by atoms with Crippen molar-refractivity contribution in [2.75, 3.05) is 0 Å². The number of rotatable bonds is 3. The smallest absolute Gasteiger partial charge is 0.0705 e. The zero-order valence-electron chi connectivity index (χ0n) is 10.8. The first-order valence-corrected chi connectivity index (χ1v) is 7.34. The van der Waals surface area contributed by atoms with E-state index in [9.17, 15) is 0 Å². The van der Waals surface area contributed by atoms with Crippen LogP contribution in [0.2, 0.25) is 0 Å². The van der Waals surface area contributed by atoms with E-state index in [1.165, 1.54) is 10.4 Å². The van der Waals surface area contributed by atoms with Gasteiger partial charge in [0.15, 0.2) is 0 Å². The SMILES string of the molecule is CCc1ccsc1C(N)c1cccc2ncccc12. The molecule has 0 aliphatic rings. The Hall–Kier alpha value is -1.71. The zero-order valence-corrected chi connectivity index (χ0v) is 11.7. The Labute approximate surface area is 116 Å². The van der Waals surface area contributed by atoms with Crippen molar-refractivity contribution in [3.05, 3.63) is 64.0 Å². The molecule has 3 heteroatoms. The Bertz CT molecular complexity index is 697. The number of hydrogen-bond donors (Lipinski definition) is 1. The Morgan fingerprint density at radius 2 is 2.11 bits per heavy atom. The summed E-state index contributed by atoms with van der Waals surface area (Å²) in [6.45, 7) is 2.17. The number of pyridine rings is 1. The molecule has 2 heterocycles. The van der Waals surface area contributed by atoms with Gasteiger partial charge < -0.3 is 5.73 Å². The third-order valence-electron chi connectivity index (χ3n) is 3.46. The third-order valence-corrected chi connectivity index (χ3v) is 4.50. The van der Waals surface area contributed by atoms with E-state index >= 15 is 0 Å². The van der Waals surface area contributed by atoms with Crippen molar-refractivity contribution in [3.63, 3.8) is 0 Å². The van der Waals surface area contributed by atoms with Gasteiger partial charge in [0.25, 0.3) is 0 Å². The van der Waals surface area contributed by atoms with Crippen molar-refractivity contribution >= 4 is 22.2 Å². The Morgan fingerprint density at radius 3 is 2.95 bits per heavy atom. The van der Waals surface area contributed by atoms with E-state index in [-0.39, 0.29) is 6.04 Å². The molecular formula is C16H16N2S. The number of thiophene rings is 1. The maximum absolute atomic E-state index is 6.49. The molecule has 1 atom stereocenters. The first-order valence-electron chi connectivity index (χ1n) is 6.46. The van der Waals surface area contributed by atoms with Gasteiger partial charge in [0.1, 0.15) is 0 Å². The van der Waals surface area contributed by atoms with Gasteiger partial charge in [-0.05, 0) is 41.1 Å². The molecule has 2 N–H and O–H groups in total. The summed E-state index contributed by atoms with van der Waals surface area (Å²) in [5.74, 6) is 0. The highest BCUT2D eigenvalue weighted by molar-refractivity contribution is 7.10. The predicted molar refractivity (Wildman–Crippen MR) is 81.5 cm³/mol. The van der Waals surface area contributed by atoms with Crippen LogP contribution in [0.15, 0.2) is 48.0 Å². The van der Waals surface area contributed by atoms with Gasteiger partial charge >= 0.3 is 0 Å². The molecule has 0 amide bonds. The average molecular weight is 268 g/mol. The van der Waals surface area contributed by atoms with Crippen LogP contribution in [0.1, 0.15) is 29.0 Å². The standard InChI is InChI=1S/C16H16N2S/c1-2-11-8-10-19-16(11)15(17)13-5-3-7-14-12(13)6-4-9-18-14/h3-10,15H,2,17H2,1H3. The molecule has 19 heavy (non-hydrogen) atoms. The van der Waals surface area contributed by atoms with Crippen LogP contribution in [-0.2, 0) is 6.42 Å². The van der Waals surface area contributed by atoms with Gasteiger partial charge in [0, 0.05) is 16.5 Å². The molecule has 96 valence electrons. The molecule has 0 aliphatic heterocycles. The lowest BCUT2D eigenvalue weighted by Gasteiger charge is -2.14. The van der Waals surface area contributed by atoms with Crippen molar-refractivity contribution in [2.45, 2.75) is 19.4 Å². The monoisotopic (exact) mass is 268 g/mol. The van der Waals surface area contributed by atoms with Crippen LogP contribution >= 0.6 is 11.3 Å². The van der Waals surface area contributed by atoms with E-state index in [0.717, 1.165) is 22.9 Å². The van der Waals surface area contributed by atoms with Crippen LogP contribution in [0.25, 0.3) is 10.9 Å². The normalized spacial score (nSPS) is 12.7. The topological polar surface area (TPSA) is 38.9 Å². The van der Waals surface area contributed by atoms with E-state index in [4.69, 9.17) is 5.73 Å². The van der Waals surface area contributed by atoms with E-state index in [0.29, 0.717) is 0 Å². The molecule has 0 saturated heterocycles. The summed E-state index contributed by atoms with van der Waals surface area (Å²) in [5.41, 5.74) is 9.99. The molecule has 0 fully saturated rings. The summed E-state index contributed by atoms with van der Waals surface area (Å²) in [6.07, 6.45) is 2.84. The fourth-order valence-electron chi connectivity index (χ4n) is 2.45. The fraction of sp³-hybridized carbons (Fsp3) is 0.188. The minimum atomic E-state index is -0.0668. The summed E-state index contributed by atoms with van der Waals surface area (Å²) in [4.78, 5) is 5.66. The zero-order chi connectivity index (χ0) is 13.2. The van der Waals surface area contributed by atoms with Crippen molar-refractivity contribution in [1.82, 2.24) is 4.98 Å². The van der Waals surface area contributed by atoms with Crippen molar-refractivity contribution in [1.29, 1.82) is 0 Å². The second-order valence-electron chi connectivity index (χ2n) is 4.56. The van der Waals surface area contributed by atoms with Gasteiger partial charge in [-0.3, -0.25) is 4.98 Å². The number of nitrogens with zero attached hydrogens (tertiary/aromatic N) is 1. The number of fused-ring (bicyclic) bond motifs is 1. The number of hydrogen-bond acceptors (Lipinski definition) is 3. The van der Waals surface area contributed by atoms with E-state index in [2.05, 4.69) is 35.5 Å². The molecule has 0 aliphatic carbocycles. The second-order valence-corrected chi connectivity index (χ2v) is 5.51. The predicted octanol–water partition coefficient (Wildman–Crippen LogP) is 3.91. The van der Waals surface area contributed by atoms with Gasteiger partial charge in [0.05, 0.1) is 11.6 Å². The summed E-state index contributed by atoms with van der Waals surface area (Å²) in [6, 6.07) is 12.3. The quantitative estimate of drug-likeness (QED) is 0.782. The minimum absolute atomic E-state index is 0.0668. The van der Waals surface area contributed by atoms with E-state index in [1.807, 2.05) is 24.4 Å². The number of nitrogens with two attached hydrogens (primary N) is 1. The lowest BCUT2D eigenvalue weighted by atomic mass is 9.98. The Balaban J connectivity index is 2.14. The summed E-state index contributed by atoms with van der Waals surface area (Å²) in [7, 11) is 0. The highest BCUT2D eigenvalue weighted by Gasteiger charge is 2.16. The summed E-state index contributed by atoms with van der Waals surface area (Å²) < 4.78 is 0. The fourth-order valence-corrected chi connectivity index (χ4v) is 3.47. The number of aryl methyl sites for hydroxylation is 1. The molecule has 1 aromatic carbocycles. The van der Waals surface area contributed by atoms with Crippen molar-refractivity contribution in [3.8, 4) is 0 Å². The maximum atomic E-state index is 6.49. The third kappa shape index (κ3) is 2.15. The van der Waals surface area contributed by atoms with Crippen molar-refractivity contribution < 1.29 is 0 Å². The van der Waals surface area contributed by atoms with Gasteiger partial charge in [0.2, 0.25) is 0 Å². The largest absolute Gasteiger partial charge is 0.320 e. The Kier molecular flexibility index (Phi) is 3.32. The van der Waals surface area contributed by atoms with Crippen LogP contribution in [0.5, 0.6) is 0 Å². The summed E-state index contributed by atoms with van der Waals surface area (Å²) >= 11 is 1.74. The molecule has 0 radical (unpaired) electrons. The van der Waals surface area contributed by atoms with Crippen LogP contribution in [0, 0.1) is 0 Å². The maximum Gasteiger partial charge on any atom is 0.0705 e. The number of benzene rings is 1. The number of aromatic nitrogens is 1. The van der Waals surface area contributed by atoms with Gasteiger partial charge in [-0.1, -0.05) is 25.1 Å². The first kappa shape index (κ1) is 12.3. The second kappa shape index (κ2) is 5.11. The van der Waals surface area contributed by atoms with Crippen LogP contribution < -0.4 is 5.73 Å². The van der Waals surface area contributed by atoms with Gasteiger partial charge in [-0.25, -0.2) is 0 Å². The Morgan fingerprint density at radius 1 is 1.21 bits per heavy atom. The van der Waals surface area contributed by atoms with Crippen LogP contribution in [0.3, 0.4) is 0 Å². The molecular weight excluding hydrogens is 252 g/mol. The van der Waals surface area contributed by atoms with Crippen LogP contribution in [0.4, 0.5) is 0 Å². The molecule has 3 aromatic rings. The van der Waals surface area contributed by atoms with Gasteiger partial charge in [-0.2, -0.15) is 0 Å². The lowest BCUT2D eigenvalue weighted by Crippen LogP contribution is -2.12. The van der Waals surface area contributed by atoms with E-state index in [1.54, 1.807) is 11.3 Å². The first-order chi connectivity index (χ1) is 9.31. The van der Waals surface area contributed by atoms with Gasteiger partial charge in [-0.15, -0.1) is 11.3 Å². The summed E-state index contributed by atoms with van der Waals surface area (Å²) in [5, 5.41) is 3.27. The molecule has 0 saturated carbocycles. The molecule has 1 unspecified atom stereocenters. The minimum Gasteiger partial charge on any atom is -0.320 e. The molecule has 2 nitrogen and oxygen atoms in total.